The first-order chi connectivity index (χ1) is 17.3. The Hall–Kier alpha value is -3.42. The van der Waals surface area contributed by atoms with Crippen molar-refractivity contribution >= 4 is 35.8 Å². The maximum absolute atomic E-state index is 12.6. The predicted octanol–water partition coefficient (Wildman–Crippen LogP) is 0.571. The van der Waals surface area contributed by atoms with Gasteiger partial charge in [-0.3, -0.25) is 19.2 Å². The molecule has 0 aromatic rings. The second-order valence-electron chi connectivity index (χ2n) is 8.69. The van der Waals surface area contributed by atoms with Crippen LogP contribution in [-0.4, -0.2) is 81.4 Å². The van der Waals surface area contributed by atoms with Gasteiger partial charge in [-0.1, -0.05) is 33.1 Å². The van der Waals surface area contributed by atoms with Crippen molar-refractivity contribution in [3.63, 3.8) is 0 Å². The Kier molecular flexibility index (Phi) is 16.3. The number of hydrogen-bond donors (Lipinski definition) is 7. The smallest absolute Gasteiger partial charge is 0.408 e. The molecule has 0 fully saturated rings. The Bertz CT molecular complexity index is 791. The standard InChI is InChI=1S/C23H40N4O10/c1-4-6-7-8-12-17(28)27-18(22(34)35)16(5-2)37-23(36)26-15(11-9-10-14(24)21(32)33)19(29)25-13(3)20(30)31/h13-16,18H,4-12,24H2,1-3H3,(H,25,29)(H,26,36)(H,27,28)(H,30,31)(H,32,33)(H,34,35)/t13-,14-,15+,16-,18+/m1/s1. The number of carboxylic acids is 3. The molecule has 0 unspecified atom stereocenters. The predicted molar refractivity (Wildman–Crippen MR) is 131 cm³/mol. The summed E-state index contributed by atoms with van der Waals surface area (Å²) < 4.78 is 5.21. The van der Waals surface area contributed by atoms with E-state index in [1.54, 1.807) is 6.92 Å². The molecule has 5 atom stereocenters. The number of ether oxygens (including phenoxy) is 1. The zero-order chi connectivity index (χ0) is 28.5. The quantitative estimate of drug-likeness (QED) is 0.114. The van der Waals surface area contributed by atoms with Crippen molar-refractivity contribution in [2.75, 3.05) is 0 Å². The lowest BCUT2D eigenvalue weighted by molar-refractivity contribution is -0.145. The summed E-state index contributed by atoms with van der Waals surface area (Å²) in [6, 6.07) is -5.31. The van der Waals surface area contributed by atoms with Crippen LogP contribution in [0, 0.1) is 0 Å². The molecule has 0 aromatic heterocycles. The topological polar surface area (TPSA) is 234 Å². The summed E-state index contributed by atoms with van der Waals surface area (Å²) in [7, 11) is 0. The van der Waals surface area contributed by atoms with Crippen molar-refractivity contribution in [3.05, 3.63) is 0 Å². The van der Waals surface area contributed by atoms with Crippen LogP contribution in [0.5, 0.6) is 0 Å². The number of rotatable bonds is 19. The normalized spacial score (nSPS) is 14.8. The molecule has 212 valence electrons. The van der Waals surface area contributed by atoms with Gasteiger partial charge < -0.3 is 41.7 Å². The van der Waals surface area contributed by atoms with Crippen LogP contribution in [0.2, 0.25) is 0 Å². The highest BCUT2D eigenvalue weighted by Gasteiger charge is 2.33. The summed E-state index contributed by atoms with van der Waals surface area (Å²) in [6.45, 7) is 4.78. The van der Waals surface area contributed by atoms with E-state index >= 15 is 0 Å². The molecule has 0 aliphatic rings. The van der Waals surface area contributed by atoms with Crippen LogP contribution in [0.25, 0.3) is 0 Å². The van der Waals surface area contributed by atoms with Gasteiger partial charge in [0.05, 0.1) is 0 Å². The van der Waals surface area contributed by atoms with Gasteiger partial charge >= 0.3 is 24.0 Å². The van der Waals surface area contributed by atoms with Gasteiger partial charge in [0.2, 0.25) is 11.8 Å². The van der Waals surface area contributed by atoms with Crippen molar-refractivity contribution in [2.45, 2.75) is 109 Å². The van der Waals surface area contributed by atoms with E-state index in [0.717, 1.165) is 19.3 Å². The summed E-state index contributed by atoms with van der Waals surface area (Å²) in [5.74, 6) is -5.33. The number of hydrogen-bond acceptors (Lipinski definition) is 8. The largest absolute Gasteiger partial charge is 0.480 e. The van der Waals surface area contributed by atoms with E-state index in [0.29, 0.717) is 6.42 Å². The fourth-order valence-electron chi connectivity index (χ4n) is 3.28. The number of carbonyl (C=O) groups excluding carboxylic acids is 3. The molecular formula is C23H40N4O10. The molecule has 0 saturated heterocycles. The summed E-state index contributed by atoms with van der Waals surface area (Å²) in [5, 5.41) is 34.3. The molecule has 0 aliphatic carbocycles. The van der Waals surface area contributed by atoms with Gasteiger partial charge in [0, 0.05) is 6.42 Å². The fraction of sp³-hybridized carbons (Fsp3) is 0.739. The minimum atomic E-state index is -1.53. The molecule has 37 heavy (non-hydrogen) atoms. The average molecular weight is 533 g/mol. The highest BCUT2D eigenvalue weighted by atomic mass is 16.6. The number of carbonyl (C=O) groups is 6. The SMILES string of the molecule is CCCCCCC(=O)N[C@H](C(=O)O)[C@@H](CC)OC(=O)N[C@@H](CCC[C@@H](N)C(=O)O)C(=O)N[C@H](C)C(=O)O. The van der Waals surface area contributed by atoms with Crippen molar-refractivity contribution < 1.29 is 48.8 Å². The first-order valence-corrected chi connectivity index (χ1v) is 12.3. The van der Waals surface area contributed by atoms with Crippen LogP contribution >= 0.6 is 0 Å². The van der Waals surface area contributed by atoms with E-state index in [9.17, 15) is 33.9 Å². The molecule has 0 aliphatic heterocycles. The Labute approximate surface area is 215 Å². The molecule has 0 heterocycles. The molecule has 0 rings (SSSR count). The Morgan fingerprint density at radius 3 is 1.97 bits per heavy atom. The van der Waals surface area contributed by atoms with E-state index in [2.05, 4.69) is 16.0 Å². The summed E-state index contributed by atoms with van der Waals surface area (Å²) in [4.78, 5) is 71.0. The molecular weight excluding hydrogens is 492 g/mol. The summed E-state index contributed by atoms with van der Waals surface area (Å²) in [6.07, 6.45) is 1.02. The maximum atomic E-state index is 12.6. The van der Waals surface area contributed by atoms with Crippen molar-refractivity contribution in [1.29, 1.82) is 0 Å². The number of nitrogens with two attached hydrogens (primary N) is 1. The second-order valence-corrected chi connectivity index (χ2v) is 8.69. The number of unbranched alkanes of at least 4 members (excludes halogenated alkanes) is 3. The van der Waals surface area contributed by atoms with Gasteiger partial charge in [-0.2, -0.15) is 0 Å². The molecule has 8 N–H and O–H groups in total. The number of carboxylic acid groups (broad SMARTS) is 3. The van der Waals surface area contributed by atoms with Crippen LogP contribution in [-0.2, 0) is 28.7 Å². The Morgan fingerprint density at radius 2 is 1.46 bits per heavy atom. The third kappa shape index (κ3) is 14.0. The molecule has 0 saturated carbocycles. The van der Waals surface area contributed by atoms with Gasteiger partial charge in [-0.25, -0.2) is 9.59 Å². The van der Waals surface area contributed by atoms with Crippen molar-refractivity contribution in [2.24, 2.45) is 5.73 Å². The van der Waals surface area contributed by atoms with E-state index in [1.807, 2.05) is 6.92 Å². The first-order valence-electron chi connectivity index (χ1n) is 12.3. The second kappa shape index (κ2) is 17.9. The van der Waals surface area contributed by atoms with Crippen LogP contribution < -0.4 is 21.7 Å². The van der Waals surface area contributed by atoms with Crippen molar-refractivity contribution in [1.82, 2.24) is 16.0 Å². The number of alkyl carbamates (subject to hydrolysis) is 1. The third-order valence-electron chi connectivity index (χ3n) is 5.54. The van der Waals surface area contributed by atoms with E-state index in [1.165, 1.54) is 6.92 Å². The number of nitrogens with one attached hydrogen (secondary N) is 3. The lowest BCUT2D eigenvalue weighted by Gasteiger charge is -2.26. The minimum absolute atomic E-state index is 0.0205. The van der Waals surface area contributed by atoms with Crippen LogP contribution in [0.3, 0.4) is 0 Å². The van der Waals surface area contributed by atoms with Gasteiger partial charge in [-0.05, 0) is 39.0 Å². The zero-order valence-electron chi connectivity index (χ0n) is 21.5. The van der Waals surface area contributed by atoms with Crippen LogP contribution in [0.15, 0.2) is 0 Å². The van der Waals surface area contributed by atoms with Gasteiger partial charge in [0.1, 0.15) is 24.2 Å². The van der Waals surface area contributed by atoms with Crippen molar-refractivity contribution in [3.8, 4) is 0 Å². The number of aliphatic carboxylic acids is 3. The molecule has 0 aromatic carbocycles. The van der Waals surface area contributed by atoms with Crippen LogP contribution in [0.1, 0.15) is 78.6 Å². The minimum Gasteiger partial charge on any atom is -0.480 e. The highest BCUT2D eigenvalue weighted by molar-refractivity contribution is 5.89. The lowest BCUT2D eigenvalue weighted by atomic mass is 10.0. The van der Waals surface area contributed by atoms with Gasteiger partial charge in [0.25, 0.3) is 0 Å². The van der Waals surface area contributed by atoms with Crippen LogP contribution in [0.4, 0.5) is 4.79 Å². The lowest BCUT2D eigenvalue weighted by Crippen LogP contribution is -2.54. The maximum Gasteiger partial charge on any atom is 0.408 e. The summed E-state index contributed by atoms with van der Waals surface area (Å²) in [5.41, 5.74) is 5.45. The molecule has 3 amide bonds. The fourth-order valence-corrected chi connectivity index (χ4v) is 3.28. The molecule has 0 radical (unpaired) electrons. The van der Waals surface area contributed by atoms with E-state index < -0.39 is 66.1 Å². The average Bonchev–Trinajstić information content (AvgIpc) is 2.82. The summed E-state index contributed by atoms with van der Waals surface area (Å²) >= 11 is 0. The van der Waals surface area contributed by atoms with Gasteiger partial charge in [0.15, 0.2) is 6.04 Å². The molecule has 14 heteroatoms. The van der Waals surface area contributed by atoms with E-state index in [-0.39, 0.29) is 32.1 Å². The van der Waals surface area contributed by atoms with E-state index in [4.69, 9.17) is 20.7 Å². The Balaban J connectivity index is 5.30. The first kappa shape index (κ1) is 33.6. The zero-order valence-corrected chi connectivity index (χ0v) is 21.5. The highest BCUT2D eigenvalue weighted by Crippen LogP contribution is 2.10. The Morgan fingerprint density at radius 1 is 0.811 bits per heavy atom. The molecule has 0 spiro atoms. The third-order valence-corrected chi connectivity index (χ3v) is 5.54. The molecule has 14 nitrogen and oxygen atoms in total. The monoisotopic (exact) mass is 532 g/mol. The van der Waals surface area contributed by atoms with Gasteiger partial charge in [-0.15, -0.1) is 0 Å². The number of amides is 3. The molecule has 0 bridgehead atoms.